The molecular weight excluding hydrogens is 370 g/mol. The van der Waals surface area contributed by atoms with Gasteiger partial charge in [-0.05, 0) is 43.9 Å². The Labute approximate surface area is 170 Å². The average Bonchev–Trinajstić information content (AvgIpc) is 3.22. The van der Waals surface area contributed by atoms with E-state index in [2.05, 4.69) is 29.6 Å². The van der Waals surface area contributed by atoms with Crippen LogP contribution in [0.3, 0.4) is 0 Å². The minimum atomic E-state index is -0.647. The molecule has 0 aliphatic carbocycles. The maximum atomic E-state index is 13.8. The van der Waals surface area contributed by atoms with Crippen LogP contribution in [-0.2, 0) is 0 Å². The van der Waals surface area contributed by atoms with Gasteiger partial charge in [0.2, 0.25) is 0 Å². The van der Waals surface area contributed by atoms with Gasteiger partial charge in [0.05, 0.1) is 23.8 Å². The Morgan fingerprint density at radius 1 is 1.34 bits per heavy atom. The summed E-state index contributed by atoms with van der Waals surface area (Å²) in [7, 11) is 0. The number of aromatic nitrogens is 2. The van der Waals surface area contributed by atoms with Crippen molar-refractivity contribution < 1.29 is 8.78 Å². The van der Waals surface area contributed by atoms with E-state index in [1.54, 1.807) is 24.7 Å². The molecule has 0 amide bonds. The third-order valence-corrected chi connectivity index (χ3v) is 5.57. The summed E-state index contributed by atoms with van der Waals surface area (Å²) in [6.07, 6.45) is 6.65. The molecule has 150 valence electrons. The van der Waals surface area contributed by atoms with E-state index in [9.17, 15) is 8.78 Å². The minimum absolute atomic E-state index is 0.192. The van der Waals surface area contributed by atoms with Crippen LogP contribution in [0.1, 0.15) is 25.8 Å². The molecule has 1 fully saturated rings. The Hall–Kier alpha value is -3.20. The quantitative estimate of drug-likeness (QED) is 0.486. The first-order chi connectivity index (χ1) is 13.9. The largest absolute Gasteiger partial charge is 0.372 e. The van der Waals surface area contributed by atoms with Crippen molar-refractivity contribution in [2.45, 2.75) is 25.8 Å². The summed E-state index contributed by atoms with van der Waals surface area (Å²) >= 11 is 0. The number of benzene rings is 1. The summed E-state index contributed by atoms with van der Waals surface area (Å²) in [4.78, 5) is 6.30. The monoisotopic (exact) mass is 394 g/mol. The van der Waals surface area contributed by atoms with Crippen molar-refractivity contribution in [3.8, 4) is 17.3 Å². The summed E-state index contributed by atoms with van der Waals surface area (Å²) < 4.78 is 29.6. The van der Waals surface area contributed by atoms with Crippen molar-refractivity contribution in [1.29, 1.82) is 5.26 Å². The summed E-state index contributed by atoms with van der Waals surface area (Å²) in [5.41, 5.74) is 2.05. The van der Waals surface area contributed by atoms with Gasteiger partial charge in [-0.3, -0.25) is 0 Å². The first kappa shape index (κ1) is 20.5. The van der Waals surface area contributed by atoms with E-state index in [0.29, 0.717) is 11.6 Å². The topological polar surface area (TPSA) is 44.9 Å². The molecule has 0 radical (unpaired) electrons. The van der Waals surface area contributed by atoms with Crippen molar-refractivity contribution in [2.24, 2.45) is 5.92 Å². The standard InChI is InChI=1S/C23H24F2N4/c1-16(13-26)22(25)11-17(2)28-9-7-19(8-10-28)18(3)29-15-27-14-23(29)20-5-4-6-21(24)12-20/h4-6,11-12,14-15,18-19H,1-2,7-10H2,3H3/b22-11+. The molecule has 1 aromatic carbocycles. The van der Waals surface area contributed by atoms with Crippen LogP contribution in [0, 0.1) is 23.1 Å². The highest BCUT2D eigenvalue weighted by Crippen LogP contribution is 2.33. The van der Waals surface area contributed by atoms with Gasteiger partial charge in [0, 0.05) is 30.4 Å². The summed E-state index contributed by atoms with van der Waals surface area (Å²) in [5, 5.41) is 8.73. The van der Waals surface area contributed by atoms with Crippen molar-refractivity contribution in [2.75, 3.05) is 13.1 Å². The van der Waals surface area contributed by atoms with E-state index in [-0.39, 0.29) is 17.4 Å². The van der Waals surface area contributed by atoms with Gasteiger partial charge in [0.15, 0.2) is 0 Å². The zero-order valence-electron chi connectivity index (χ0n) is 16.5. The SMILES string of the molecule is C=C(C#N)/C(F)=C\C(=C)N1CCC(C(C)n2cncc2-c2cccc(F)c2)CC1. The second-order valence-electron chi connectivity index (χ2n) is 7.34. The third kappa shape index (κ3) is 4.62. The summed E-state index contributed by atoms with van der Waals surface area (Å²) in [5.74, 6) is -0.510. The number of hydrogen-bond acceptors (Lipinski definition) is 3. The van der Waals surface area contributed by atoms with E-state index in [1.165, 1.54) is 18.2 Å². The van der Waals surface area contributed by atoms with Crippen LogP contribution in [0.5, 0.6) is 0 Å². The van der Waals surface area contributed by atoms with Crippen LogP contribution in [0.25, 0.3) is 11.3 Å². The highest BCUT2D eigenvalue weighted by Gasteiger charge is 2.26. The van der Waals surface area contributed by atoms with Gasteiger partial charge in [-0.1, -0.05) is 25.3 Å². The van der Waals surface area contributed by atoms with Crippen LogP contribution < -0.4 is 0 Å². The molecule has 0 bridgehead atoms. The maximum Gasteiger partial charge on any atom is 0.142 e. The fraction of sp³-hybridized carbons (Fsp3) is 0.304. The molecule has 6 heteroatoms. The Morgan fingerprint density at radius 3 is 2.72 bits per heavy atom. The van der Waals surface area contributed by atoms with Crippen LogP contribution in [-0.4, -0.2) is 27.5 Å². The van der Waals surface area contributed by atoms with E-state index < -0.39 is 5.83 Å². The number of halogens is 2. The van der Waals surface area contributed by atoms with Gasteiger partial charge in [-0.25, -0.2) is 13.8 Å². The van der Waals surface area contributed by atoms with Crippen LogP contribution in [0.15, 0.2) is 73.1 Å². The molecule has 2 aromatic rings. The van der Waals surface area contributed by atoms with Crippen LogP contribution in [0.2, 0.25) is 0 Å². The number of piperidine rings is 1. The van der Waals surface area contributed by atoms with Crippen molar-refractivity contribution in [3.05, 3.63) is 78.9 Å². The second kappa shape index (κ2) is 8.87. The number of rotatable bonds is 6. The normalized spacial score (nSPS) is 16.3. The third-order valence-electron chi connectivity index (χ3n) is 5.57. The van der Waals surface area contributed by atoms with Gasteiger partial charge in [0.25, 0.3) is 0 Å². The zero-order valence-corrected chi connectivity index (χ0v) is 16.5. The van der Waals surface area contributed by atoms with Gasteiger partial charge in [-0.2, -0.15) is 5.26 Å². The highest BCUT2D eigenvalue weighted by molar-refractivity contribution is 5.59. The lowest BCUT2D eigenvalue weighted by Crippen LogP contribution is -2.35. The molecule has 1 aliphatic heterocycles. The molecule has 29 heavy (non-hydrogen) atoms. The zero-order chi connectivity index (χ0) is 21.0. The first-order valence-corrected chi connectivity index (χ1v) is 9.59. The number of likely N-dealkylation sites (tertiary alicyclic amines) is 1. The molecule has 0 N–H and O–H groups in total. The Morgan fingerprint density at radius 2 is 2.07 bits per heavy atom. The van der Waals surface area contributed by atoms with Gasteiger partial charge >= 0.3 is 0 Å². The number of hydrogen-bond donors (Lipinski definition) is 0. The molecule has 1 atom stereocenters. The summed E-state index contributed by atoms with van der Waals surface area (Å²) in [6, 6.07) is 8.42. The van der Waals surface area contributed by atoms with Crippen molar-refractivity contribution in [3.63, 3.8) is 0 Å². The van der Waals surface area contributed by atoms with E-state index >= 15 is 0 Å². The molecule has 3 rings (SSSR count). The highest BCUT2D eigenvalue weighted by atomic mass is 19.1. The predicted molar refractivity (Wildman–Crippen MR) is 110 cm³/mol. The minimum Gasteiger partial charge on any atom is -0.372 e. The van der Waals surface area contributed by atoms with E-state index in [1.807, 2.05) is 11.0 Å². The van der Waals surface area contributed by atoms with Crippen molar-refractivity contribution in [1.82, 2.24) is 14.5 Å². The maximum absolute atomic E-state index is 13.8. The molecule has 2 heterocycles. The molecule has 1 aliphatic rings. The first-order valence-electron chi connectivity index (χ1n) is 9.59. The van der Waals surface area contributed by atoms with Crippen molar-refractivity contribution >= 4 is 0 Å². The molecule has 4 nitrogen and oxygen atoms in total. The van der Waals surface area contributed by atoms with Gasteiger partial charge < -0.3 is 9.47 Å². The average molecular weight is 394 g/mol. The lowest BCUT2D eigenvalue weighted by Gasteiger charge is -2.37. The fourth-order valence-corrected chi connectivity index (χ4v) is 3.77. The van der Waals surface area contributed by atoms with Crippen LogP contribution in [0.4, 0.5) is 8.78 Å². The van der Waals surface area contributed by atoms with Gasteiger partial charge in [0.1, 0.15) is 17.7 Å². The molecule has 1 unspecified atom stereocenters. The van der Waals surface area contributed by atoms with E-state index in [4.69, 9.17) is 5.26 Å². The fourth-order valence-electron chi connectivity index (χ4n) is 3.77. The number of allylic oxidation sites excluding steroid dienone is 3. The second-order valence-corrected chi connectivity index (χ2v) is 7.34. The smallest absolute Gasteiger partial charge is 0.142 e. The van der Waals surface area contributed by atoms with Crippen LogP contribution >= 0.6 is 0 Å². The Balaban J connectivity index is 1.67. The molecule has 1 aromatic heterocycles. The molecular formula is C23H24F2N4. The Kier molecular flexibility index (Phi) is 6.28. The Bertz CT molecular complexity index is 975. The summed E-state index contributed by atoms with van der Waals surface area (Å²) in [6.45, 7) is 11.0. The van der Waals surface area contributed by atoms with E-state index in [0.717, 1.165) is 37.2 Å². The number of imidazole rings is 1. The lowest BCUT2D eigenvalue weighted by atomic mass is 9.89. The molecule has 1 saturated heterocycles. The predicted octanol–water partition coefficient (Wildman–Crippen LogP) is 5.41. The molecule has 0 spiro atoms. The lowest BCUT2D eigenvalue weighted by molar-refractivity contribution is 0.189. The number of nitrogens with zero attached hydrogens (tertiary/aromatic N) is 4. The number of nitriles is 1. The molecule has 0 saturated carbocycles. The van der Waals surface area contributed by atoms with Gasteiger partial charge in [-0.15, -0.1) is 0 Å².